The molecule has 12 heavy (non-hydrogen) atoms. The van der Waals surface area contributed by atoms with Crippen molar-refractivity contribution < 1.29 is 0 Å². The normalized spacial score (nSPS) is 20.4. The lowest BCUT2D eigenvalue weighted by Gasteiger charge is -2.15. The zero-order chi connectivity index (χ0) is 9.03. The molecule has 0 aromatic heterocycles. The van der Waals surface area contributed by atoms with Crippen molar-refractivity contribution >= 4 is 0 Å². The Labute approximate surface area is 74.9 Å². The summed E-state index contributed by atoms with van der Waals surface area (Å²) in [6, 6.07) is 0. The van der Waals surface area contributed by atoms with Gasteiger partial charge in [0, 0.05) is 12.0 Å². The molecule has 0 fully saturated rings. The molecule has 0 unspecified atom stereocenters. The molecule has 0 spiro atoms. The lowest BCUT2D eigenvalue weighted by Crippen LogP contribution is -2.12. The molecule has 1 nitrogen and oxygen atoms in total. The molecule has 0 atom stereocenters. The summed E-state index contributed by atoms with van der Waals surface area (Å²) in [4.78, 5) is 0. The van der Waals surface area contributed by atoms with E-state index in [1.165, 1.54) is 5.57 Å². The minimum Gasteiger partial charge on any atom is -0.316 e. The number of hydrogen-bond donors (Lipinski definition) is 1. The Morgan fingerprint density at radius 2 is 2.08 bits per heavy atom. The summed E-state index contributed by atoms with van der Waals surface area (Å²) in [7, 11) is 1.97. The van der Waals surface area contributed by atoms with Crippen LogP contribution in [-0.4, -0.2) is 13.6 Å². The Kier molecular flexibility index (Phi) is 2.88. The van der Waals surface area contributed by atoms with Gasteiger partial charge in [0.25, 0.3) is 0 Å². The molecule has 0 radical (unpaired) electrons. The standard InChI is InChI=1S/C11H17N/c1-11(2)7-5-4-6-10(8-11)9-12-3/h4-8,12H,9H2,1-3H3. The summed E-state index contributed by atoms with van der Waals surface area (Å²) in [5, 5.41) is 3.16. The van der Waals surface area contributed by atoms with E-state index in [4.69, 9.17) is 0 Å². The lowest BCUT2D eigenvalue weighted by molar-refractivity contribution is 0.620. The van der Waals surface area contributed by atoms with Crippen LogP contribution >= 0.6 is 0 Å². The molecule has 0 aliphatic heterocycles. The van der Waals surface area contributed by atoms with Crippen LogP contribution in [0.5, 0.6) is 0 Å². The smallest absolute Gasteiger partial charge is 0.0199 e. The van der Waals surface area contributed by atoms with Crippen LogP contribution in [0.25, 0.3) is 0 Å². The second kappa shape index (κ2) is 3.72. The first kappa shape index (κ1) is 9.27. The van der Waals surface area contributed by atoms with Gasteiger partial charge in [0.1, 0.15) is 0 Å². The third-order valence-electron chi connectivity index (χ3n) is 1.89. The first-order valence-corrected chi connectivity index (χ1v) is 4.36. The van der Waals surface area contributed by atoms with Gasteiger partial charge in [-0.05, 0) is 12.6 Å². The van der Waals surface area contributed by atoms with E-state index < -0.39 is 0 Å². The molecule has 1 rings (SSSR count). The topological polar surface area (TPSA) is 12.0 Å². The van der Waals surface area contributed by atoms with E-state index in [2.05, 4.69) is 49.5 Å². The van der Waals surface area contributed by atoms with Gasteiger partial charge in [-0.1, -0.05) is 44.2 Å². The minimum atomic E-state index is 0.190. The molecule has 0 heterocycles. The third-order valence-corrected chi connectivity index (χ3v) is 1.89. The van der Waals surface area contributed by atoms with Gasteiger partial charge in [0.05, 0.1) is 0 Å². The molecule has 1 N–H and O–H groups in total. The number of nitrogens with one attached hydrogen (secondary N) is 1. The Bertz CT molecular complexity index is 231. The molecule has 0 aromatic carbocycles. The largest absolute Gasteiger partial charge is 0.316 e. The Morgan fingerprint density at radius 1 is 1.33 bits per heavy atom. The van der Waals surface area contributed by atoms with Crippen LogP contribution in [0.4, 0.5) is 0 Å². The average Bonchev–Trinajstić information content (AvgIpc) is 2.11. The molecule has 1 heteroatoms. The van der Waals surface area contributed by atoms with Crippen LogP contribution in [0.2, 0.25) is 0 Å². The zero-order valence-corrected chi connectivity index (χ0v) is 8.09. The monoisotopic (exact) mass is 163 g/mol. The summed E-state index contributed by atoms with van der Waals surface area (Å²) in [5.41, 5.74) is 1.54. The molecular weight excluding hydrogens is 146 g/mol. The Hall–Kier alpha value is -0.820. The molecule has 1 aliphatic rings. The average molecular weight is 163 g/mol. The molecule has 66 valence electrons. The van der Waals surface area contributed by atoms with Gasteiger partial charge in [0.15, 0.2) is 0 Å². The van der Waals surface area contributed by atoms with Crippen LogP contribution in [0.1, 0.15) is 13.8 Å². The van der Waals surface area contributed by atoms with Crippen molar-refractivity contribution in [3.05, 3.63) is 36.0 Å². The quantitative estimate of drug-likeness (QED) is 0.658. The fourth-order valence-corrected chi connectivity index (χ4v) is 1.37. The van der Waals surface area contributed by atoms with Crippen LogP contribution in [-0.2, 0) is 0 Å². The SMILES string of the molecule is CNCC1=CC(C)(C)C=CC=C1. The van der Waals surface area contributed by atoms with Crippen molar-refractivity contribution in [3.63, 3.8) is 0 Å². The van der Waals surface area contributed by atoms with E-state index in [0.717, 1.165) is 6.54 Å². The van der Waals surface area contributed by atoms with Crippen LogP contribution < -0.4 is 5.32 Å². The third kappa shape index (κ3) is 2.67. The molecule has 0 amide bonds. The van der Waals surface area contributed by atoms with Crippen molar-refractivity contribution in [1.29, 1.82) is 0 Å². The van der Waals surface area contributed by atoms with Crippen molar-refractivity contribution in [2.45, 2.75) is 13.8 Å². The first-order valence-electron chi connectivity index (χ1n) is 4.36. The fraction of sp³-hybridized carbons (Fsp3) is 0.455. The highest BCUT2D eigenvalue weighted by molar-refractivity contribution is 5.31. The van der Waals surface area contributed by atoms with Gasteiger partial charge < -0.3 is 5.32 Å². The molecule has 0 aromatic rings. The Morgan fingerprint density at radius 3 is 2.75 bits per heavy atom. The van der Waals surface area contributed by atoms with Crippen molar-refractivity contribution in [1.82, 2.24) is 5.32 Å². The van der Waals surface area contributed by atoms with Crippen LogP contribution in [0.3, 0.4) is 0 Å². The van der Waals surface area contributed by atoms with Gasteiger partial charge in [-0.3, -0.25) is 0 Å². The van der Waals surface area contributed by atoms with E-state index >= 15 is 0 Å². The van der Waals surface area contributed by atoms with Crippen molar-refractivity contribution in [3.8, 4) is 0 Å². The van der Waals surface area contributed by atoms with E-state index in [1.54, 1.807) is 0 Å². The van der Waals surface area contributed by atoms with E-state index in [-0.39, 0.29) is 5.41 Å². The number of likely N-dealkylation sites (N-methyl/N-ethyl adjacent to an activating group) is 1. The van der Waals surface area contributed by atoms with Gasteiger partial charge in [-0.25, -0.2) is 0 Å². The predicted octanol–water partition coefficient (Wildman–Crippen LogP) is 2.28. The highest BCUT2D eigenvalue weighted by atomic mass is 14.8. The predicted molar refractivity (Wildman–Crippen MR) is 54.1 cm³/mol. The maximum atomic E-state index is 3.16. The van der Waals surface area contributed by atoms with Gasteiger partial charge in [-0.15, -0.1) is 0 Å². The summed E-state index contributed by atoms with van der Waals surface area (Å²) in [6.07, 6.45) is 10.9. The van der Waals surface area contributed by atoms with Crippen LogP contribution in [0, 0.1) is 5.41 Å². The molecule has 0 bridgehead atoms. The Balaban J connectivity index is 2.80. The summed E-state index contributed by atoms with van der Waals surface area (Å²) in [6.45, 7) is 5.37. The highest BCUT2D eigenvalue weighted by Gasteiger charge is 2.11. The lowest BCUT2D eigenvalue weighted by atomic mass is 9.91. The van der Waals surface area contributed by atoms with Gasteiger partial charge >= 0.3 is 0 Å². The summed E-state index contributed by atoms with van der Waals surface area (Å²) < 4.78 is 0. The van der Waals surface area contributed by atoms with Crippen LogP contribution in [0.15, 0.2) is 36.0 Å². The fourth-order valence-electron chi connectivity index (χ4n) is 1.37. The van der Waals surface area contributed by atoms with E-state index in [0.29, 0.717) is 0 Å². The van der Waals surface area contributed by atoms with E-state index in [9.17, 15) is 0 Å². The molecule has 0 saturated carbocycles. The van der Waals surface area contributed by atoms with E-state index in [1.807, 2.05) is 7.05 Å². The minimum absolute atomic E-state index is 0.190. The zero-order valence-electron chi connectivity index (χ0n) is 8.09. The number of rotatable bonds is 2. The first-order chi connectivity index (χ1) is 5.64. The van der Waals surface area contributed by atoms with Crippen molar-refractivity contribution in [2.24, 2.45) is 5.41 Å². The van der Waals surface area contributed by atoms with Gasteiger partial charge in [-0.2, -0.15) is 0 Å². The summed E-state index contributed by atoms with van der Waals surface area (Å²) >= 11 is 0. The number of allylic oxidation sites excluding steroid dienone is 4. The maximum Gasteiger partial charge on any atom is 0.0199 e. The second-order valence-electron chi connectivity index (χ2n) is 3.79. The highest BCUT2D eigenvalue weighted by Crippen LogP contribution is 2.23. The number of hydrogen-bond acceptors (Lipinski definition) is 1. The maximum absolute atomic E-state index is 3.16. The van der Waals surface area contributed by atoms with Gasteiger partial charge in [0.2, 0.25) is 0 Å². The molecular formula is C11H17N. The second-order valence-corrected chi connectivity index (χ2v) is 3.79. The van der Waals surface area contributed by atoms with Crippen molar-refractivity contribution in [2.75, 3.05) is 13.6 Å². The summed E-state index contributed by atoms with van der Waals surface area (Å²) in [5.74, 6) is 0. The molecule has 0 saturated heterocycles. The molecule has 1 aliphatic carbocycles.